The topological polar surface area (TPSA) is 15.6 Å². The molecule has 2 nitrogen and oxygen atoms in total. The number of unbranched alkanes of at least 4 members (excludes halogenated alkanes) is 2. The highest BCUT2D eigenvalue weighted by Gasteiger charge is 2.21. The zero-order chi connectivity index (χ0) is 16.1. The van der Waals surface area contributed by atoms with E-state index in [0.29, 0.717) is 0 Å². The van der Waals surface area contributed by atoms with Crippen LogP contribution in [0.1, 0.15) is 46.0 Å². The van der Waals surface area contributed by atoms with E-state index in [1.54, 1.807) is 0 Å². The van der Waals surface area contributed by atoms with E-state index >= 15 is 0 Å². The molecule has 1 aromatic rings. The molecule has 122 valence electrons. The average Bonchev–Trinajstić information content (AvgIpc) is 2.59. The van der Waals surface area contributed by atoms with Crippen molar-refractivity contribution < 1.29 is 0 Å². The predicted octanol–water partition coefficient (Wildman–Crippen LogP) is 5.94. The number of fused-ring (bicyclic) bond motifs is 2. The van der Waals surface area contributed by atoms with Crippen molar-refractivity contribution in [3.8, 4) is 0 Å². The molecule has 1 heterocycles. The van der Waals surface area contributed by atoms with Crippen molar-refractivity contribution in [1.82, 2.24) is 4.90 Å². The minimum atomic E-state index is 0.956. The molecule has 0 radical (unpaired) electrons. The first-order valence-electron chi connectivity index (χ1n) is 8.83. The summed E-state index contributed by atoms with van der Waals surface area (Å²) in [7, 11) is 0. The van der Waals surface area contributed by atoms with Crippen molar-refractivity contribution in [1.29, 1.82) is 0 Å². The van der Waals surface area contributed by atoms with Crippen molar-refractivity contribution in [3.05, 3.63) is 47.0 Å². The van der Waals surface area contributed by atoms with Crippen molar-refractivity contribution in [3.63, 3.8) is 0 Å². The Morgan fingerprint density at radius 1 is 1.09 bits per heavy atom. The van der Waals surface area contributed by atoms with Gasteiger partial charge >= 0.3 is 0 Å². The zero-order valence-electron chi connectivity index (χ0n) is 14.2. The van der Waals surface area contributed by atoms with E-state index in [-0.39, 0.29) is 0 Å². The molecule has 0 spiro atoms. The van der Waals surface area contributed by atoms with E-state index in [0.717, 1.165) is 12.1 Å². The van der Waals surface area contributed by atoms with Crippen molar-refractivity contribution >= 4 is 23.2 Å². The number of hydrogen-bond acceptors (Lipinski definition) is 3. The Labute approximate surface area is 144 Å². The first kappa shape index (κ1) is 16.4. The quantitative estimate of drug-likeness (QED) is 0.616. The summed E-state index contributed by atoms with van der Waals surface area (Å²) in [5.41, 5.74) is 3.74. The number of benzene rings is 1. The van der Waals surface area contributed by atoms with Crippen LogP contribution in [0.2, 0.25) is 0 Å². The Bertz CT molecular complexity index is 635. The van der Waals surface area contributed by atoms with E-state index in [4.69, 9.17) is 4.99 Å². The van der Waals surface area contributed by atoms with Crippen LogP contribution in [0.4, 0.5) is 5.69 Å². The van der Waals surface area contributed by atoms with Gasteiger partial charge in [-0.3, -0.25) is 4.99 Å². The number of rotatable bonds is 7. The Morgan fingerprint density at radius 2 is 1.83 bits per heavy atom. The normalized spacial score (nSPS) is 16.0. The zero-order valence-corrected chi connectivity index (χ0v) is 15.0. The Morgan fingerprint density at radius 3 is 2.57 bits per heavy atom. The third kappa shape index (κ3) is 3.89. The number of para-hydroxylation sites is 1. The highest BCUT2D eigenvalue weighted by Crippen LogP contribution is 2.42. The van der Waals surface area contributed by atoms with Gasteiger partial charge in [0.05, 0.1) is 11.4 Å². The minimum absolute atomic E-state index is 0.956. The largest absolute Gasteiger partial charge is 0.372 e. The highest BCUT2D eigenvalue weighted by atomic mass is 32.2. The highest BCUT2D eigenvalue weighted by molar-refractivity contribution is 8.04. The fraction of sp³-hybridized carbons (Fsp3) is 0.450. The second-order valence-electron chi connectivity index (χ2n) is 6.16. The molecular formula is C20H26N2S. The summed E-state index contributed by atoms with van der Waals surface area (Å²) in [6, 6.07) is 8.45. The van der Waals surface area contributed by atoms with Crippen molar-refractivity contribution in [2.24, 2.45) is 4.99 Å². The lowest BCUT2D eigenvalue weighted by Crippen LogP contribution is -2.26. The lowest BCUT2D eigenvalue weighted by atomic mass is 10.1. The van der Waals surface area contributed by atoms with Crippen LogP contribution in [0.3, 0.4) is 0 Å². The van der Waals surface area contributed by atoms with Crippen LogP contribution in [0.25, 0.3) is 0 Å². The number of nitrogens with zero attached hydrogens (tertiary/aromatic N) is 2. The van der Waals surface area contributed by atoms with E-state index in [2.05, 4.69) is 55.2 Å². The molecule has 2 aliphatic rings. The van der Waals surface area contributed by atoms with Gasteiger partial charge in [-0.1, -0.05) is 56.7 Å². The van der Waals surface area contributed by atoms with Gasteiger partial charge in [0.2, 0.25) is 0 Å². The summed E-state index contributed by atoms with van der Waals surface area (Å²) in [6.45, 7) is 6.87. The van der Waals surface area contributed by atoms with Crippen LogP contribution in [-0.2, 0) is 0 Å². The Balaban J connectivity index is 1.79. The molecule has 1 aromatic carbocycles. The maximum Gasteiger partial charge on any atom is 0.0772 e. The van der Waals surface area contributed by atoms with E-state index in [9.17, 15) is 0 Å². The third-order valence-electron chi connectivity index (χ3n) is 4.34. The number of allylic oxidation sites excluding steroid dienone is 3. The van der Waals surface area contributed by atoms with Crippen LogP contribution in [-0.4, -0.2) is 23.7 Å². The van der Waals surface area contributed by atoms with Gasteiger partial charge in [0.1, 0.15) is 0 Å². The summed E-state index contributed by atoms with van der Waals surface area (Å²) in [4.78, 5) is 10.0. The van der Waals surface area contributed by atoms with Crippen molar-refractivity contribution in [2.45, 2.75) is 50.8 Å². The van der Waals surface area contributed by atoms with Crippen LogP contribution < -0.4 is 0 Å². The third-order valence-corrected chi connectivity index (χ3v) is 5.48. The average molecular weight is 327 g/mol. The fourth-order valence-corrected chi connectivity index (χ4v) is 3.98. The van der Waals surface area contributed by atoms with Gasteiger partial charge in [-0.15, -0.1) is 0 Å². The first-order valence-corrected chi connectivity index (χ1v) is 9.65. The Hall–Kier alpha value is -1.48. The molecule has 1 aliphatic carbocycles. The molecule has 0 fully saturated rings. The maximum atomic E-state index is 4.85. The molecule has 0 saturated carbocycles. The number of hydrogen-bond donors (Lipinski definition) is 0. The molecule has 0 aromatic heterocycles. The fourth-order valence-electron chi connectivity index (χ4n) is 2.96. The molecule has 3 heteroatoms. The van der Waals surface area contributed by atoms with Gasteiger partial charge in [-0.05, 0) is 31.1 Å². The Kier molecular flexibility index (Phi) is 5.60. The molecule has 0 amide bonds. The standard InChI is InChI=1S/C20H26N2S/c1-3-5-13-22(14-6-4-2)16-11-12-18-20(15-16)23-19-10-8-7-9-17(19)21-18/h7-11,15H,3-6,12-14H2,1-2H3. The molecule has 3 rings (SSSR count). The molecule has 0 N–H and O–H groups in total. The van der Waals surface area contributed by atoms with Crippen LogP contribution in [0.5, 0.6) is 0 Å². The smallest absolute Gasteiger partial charge is 0.0772 e. The predicted molar refractivity (Wildman–Crippen MR) is 102 cm³/mol. The lowest BCUT2D eigenvalue weighted by Gasteiger charge is -2.29. The molecule has 23 heavy (non-hydrogen) atoms. The van der Waals surface area contributed by atoms with E-state index in [1.165, 1.54) is 60.0 Å². The van der Waals surface area contributed by atoms with Gasteiger partial charge in [0, 0.05) is 35.0 Å². The second-order valence-corrected chi connectivity index (χ2v) is 7.25. The summed E-state index contributed by atoms with van der Waals surface area (Å²) in [5, 5.41) is 0. The van der Waals surface area contributed by atoms with Gasteiger partial charge < -0.3 is 4.90 Å². The monoisotopic (exact) mass is 326 g/mol. The van der Waals surface area contributed by atoms with Crippen LogP contribution in [0.15, 0.2) is 56.9 Å². The summed E-state index contributed by atoms with van der Waals surface area (Å²) < 4.78 is 0. The lowest BCUT2D eigenvalue weighted by molar-refractivity contribution is 0.339. The van der Waals surface area contributed by atoms with Gasteiger partial charge in [0.15, 0.2) is 0 Å². The molecule has 1 aliphatic heterocycles. The molecule has 0 unspecified atom stereocenters. The van der Waals surface area contributed by atoms with E-state index < -0.39 is 0 Å². The SMILES string of the molecule is CCCCN(CCCC)C1=CCC2=Nc3ccccc3SC2=C1. The van der Waals surface area contributed by atoms with Gasteiger partial charge in [0.25, 0.3) is 0 Å². The summed E-state index contributed by atoms with van der Waals surface area (Å²) in [5.74, 6) is 0. The van der Waals surface area contributed by atoms with Gasteiger partial charge in [-0.2, -0.15) is 0 Å². The van der Waals surface area contributed by atoms with Gasteiger partial charge in [-0.25, -0.2) is 0 Å². The molecule has 0 saturated heterocycles. The molecular weight excluding hydrogens is 300 g/mol. The van der Waals surface area contributed by atoms with Crippen LogP contribution >= 0.6 is 11.8 Å². The number of aliphatic imine (C=N–C) groups is 1. The van der Waals surface area contributed by atoms with E-state index in [1.807, 2.05) is 11.8 Å². The second kappa shape index (κ2) is 7.87. The number of thioether (sulfide) groups is 1. The van der Waals surface area contributed by atoms with Crippen molar-refractivity contribution in [2.75, 3.05) is 13.1 Å². The maximum absolute atomic E-state index is 4.85. The molecule has 0 atom stereocenters. The first-order chi connectivity index (χ1) is 11.3. The van der Waals surface area contributed by atoms with Crippen LogP contribution in [0, 0.1) is 0 Å². The summed E-state index contributed by atoms with van der Waals surface area (Å²) >= 11 is 1.87. The molecule has 0 bridgehead atoms. The minimum Gasteiger partial charge on any atom is -0.372 e. The summed E-state index contributed by atoms with van der Waals surface area (Å²) in [6.07, 6.45) is 10.7.